The molecule has 0 spiro atoms. The molecule has 3 rings (SSSR count). The van der Waals surface area contributed by atoms with Gasteiger partial charge in [0.1, 0.15) is 5.82 Å². The zero-order valence-corrected chi connectivity index (χ0v) is 18.1. The van der Waals surface area contributed by atoms with Gasteiger partial charge in [-0.15, -0.1) is 0 Å². The van der Waals surface area contributed by atoms with Gasteiger partial charge >= 0.3 is 12.1 Å². The summed E-state index contributed by atoms with van der Waals surface area (Å²) in [6.07, 6.45) is -0.736. The number of likely N-dealkylation sites (N-methyl/N-ethyl adjacent to an activating group) is 1. The van der Waals surface area contributed by atoms with Gasteiger partial charge in [0, 0.05) is 18.7 Å². The topological polar surface area (TPSA) is 69.6 Å². The summed E-state index contributed by atoms with van der Waals surface area (Å²) in [4.78, 5) is 25.5. The fourth-order valence-corrected chi connectivity index (χ4v) is 3.76. The number of nitrogens with zero attached hydrogens (tertiary/aromatic N) is 1. The lowest BCUT2D eigenvalue weighted by molar-refractivity contribution is -0.138. The Morgan fingerprint density at radius 2 is 1.88 bits per heavy atom. The van der Waals surface area contributed by atoms with Crippen molar-refractivity contribution in [2.45, 2.75) is 26.4 Å². The number of halogens is 4. The predicted octanol–water partition coefficient (Wildman–Crippen LogP) is 5.52. The molecule has 0 fully saturated rings. The highest BCUT2D eigenvalue weighted by molar-refractivity contribution is 5.98. The maximum Gasteiger partial charge on any atom is 0.417 e. The lowest BCUT2D eigenvalue weighted by Crippen LogP contribution is -2.34. The first-order valence-electron chi connectivity index (χ1n) is 10.1. The molecule has 0 bridgehead atoms. The highest BCUT2D eigenvalue weighted by atomic mass is 19.4. The van der Waals surface area contributed by atoms with Crippen LogP contribution in [0.1, 0.15) is 45.2 Å². The number of amides is 1. The molecule has 5 nitrogen and oxygen atoms in total. The van der Waals surface area contributed by atoms with E-state index in [0.29, 0.717) is 17.8 Å². The fourth-order valence-electron chi connectivity index (χ4n) is 3.76. The second-order valence-electron chi connectivity index (χ2n) is 7.82. The molecule has 1 unspecified atom stereocenters. The number of aromatic carboxylic acids is 1. The van der Waals surface area contributed by atoms with Gasteiger partial charge in [0.2, 0.25) is 0 Å². The van der Waals surface area contributed by atoms with E-state index in [-0.39, 0.29) is 22.7 Å². The van der Waals surface area contributed by atoms with Crippen LogP contribution in [0.2, 0.25) is 0 Å². The van der Waals surface area contributed by atoms with E-state index in [2.05, 4.69) is 5.32 Å². The van der Waals surface area contributed by atoms with E-state index in [9.17, 15) is 27.2 Å². The number of hydrogen-bond acceptors (Lipinski definition) is 3. The number of hydrogen-bond donors (Lipinski definition) is 2. The van der Waals surface area contributed by atoms with Gasteiger partial charge in [-0.25, -0.2) is 9.18 Å². The van der Waals surface area contributed by atoms with E-state index in [4.69, 9.17) is 5.11 Å². The number of aryl methyl sites for hydroxylation is 1. The van der Waals surface area contributed by atoms with Crippen molar-refractivity contribution < 1.29 is 32.3 Å². The molecule has 0 radical (unpaired) electrons. The van der Waals surface area contributed by atoms with Crippen molar-refractivity contribution in [3.63, 3.8) is 0 Å². The standard InChI is InChI=1S/C24H22F4N2O3/c1-13-6-4-8-16(24(26,27)28)20(13)22(31)29-21-14(2)7-5-9-19(21)30(3)18-11-10-15(23(32)33)12-17(18)25/h4-6,8-12,14H,7H2,1-3H3,(H,29,31)(H,32,33). The number of carbonyl (C=O) groups is 2. The molecule has 1 aliphatic rings. The third-order valence-electron chi connectivity index (χ3n) is 5.50. The van der Waals surface area contributed by atoms with Crippen LogP contribution in [0.25, 0.3) is 0 Å². The van der Waals surface area contributed by atoms with Crippen molar-refractivity contribution in [2.24, 2.45) is 5.92 Å². The van der Waals surface area contributed by atoms with Crippen molar-refractivity contribution in [1.29, 1.82) is 0 Å². The highest BCUT2D eigenvalue weighted by Crippen LogP contribution is 2.34. The molecule has 174 valence electrons. The van der Waals surface area contributed by atoms with Gasteiger partial charge in [-0.05, 0) is 49.2 Å². The van der Waals surface area contributed by atoms with Crippen molar-refractivity contribution in [2.75, 3.05) is 11.9 Å². The minimum Gasteiger partial charge on any atom is -0.478 e. The SMILES string of the molecule is Cc1cccc(C(F)(F)F)c1C(=O)NC1=C(N(C)c2ccc(C(=O)O)cc2F)C=CCC1C. The zero-order valence-electron chi connectivity index (χ0n) is 18.1. The van der Waals surface area contributed by atoms with Crippen LogP contribution < -0.4 is 10.2 Å². The molecule has 2 N–H and O–H groups in total. The number of alkyl halides is 3. The van der Waals surface area contributed by atoms with Crippen LogP contribution in [-0.4, -0.2) is 24.0 Å². The van der Waals surface area contributed by atoms with Crippen LogP contribution in [0.15, 0.2) is 59.9 Å². The van der Waals surface area contributed by atoms with Gasteiger partial charge in [-0.2, -0.15) is 13.2 Å². The minimum absolute atomic E-state index is 0.0485. The second kappa shape index (κ2) is 9.09. The minimum atomic E-state index is -4.71. The Bertz CT molecular complexity index is 1170. The third kappa shape index (κ3) is 4.92. The quantitative estimate of drug-likeness (QED) is 0.574. The average Bonchev–Trinajstić information content (AvgIpc) is 2.73. The molecular formula is C24H22F4N2O3. The van der Waals surface area contributed by atoms with Gasteiger partial charge < -0.3 is 15.3 Å². The molecule has 0 saturated heterocycles. The number of rotatable bonds is 5. The van der Waals surface area contributed by atoms with Crippen LogP contribution in [-0.2, 0) is 6.18 Å². The lowest BCUT2D eigenvalue weighted by atomic mass is 9.94. The molecule has 0 aromatic heterocycles. The molecule has 1 aliphatic carbocycles. The number of allylic oxidation sites excluding steroid dienone is 3. The second-order valence-corrected chi connectivity index (χ2v) is 7.82. The first-order chi connectivity index (χ1) is 15.4. The van der Waals surface area contributed by atoms with E-state index in [1.165, 1.54) is 43.1 Å². The summed E-state index contributed by atoms with van der Waals surface area (Å²) < 4.78 is 55.2. The van der Waals surface area contributed by atoms with Crippen molar-refractivity contribution in [3.05, 3.63) is 88.0 Å². The van der Waals surface area contributed by atoms with E-state index in [0.717, 1.165) is 12.1 Å². The Balaban J connectivity index is 2.04. The normalized spacial score (nSPS) is 16.0. The smallest absolute Gasteiger partial charge is 0.417 e. The van der Waals surface area contributed by atoms with Crippen LogP contribution in [0.5, 0.6) is 0 Å². The first-order valence-corrected chi connectivity index (χ1v) is 10.1. The Hall–Kier alpha value is -3.62. The number of carbonyl (C=O) groups excluding carboxylic acids is 1. The van der Waals surface area contributed by atoms with E-state index in [1.54, 1.807) is 13.0 Å². The lowest BCUT2D eigenvalue weighted by Gasteiger charge is -2.30. The zero-order chi connectivity index (χ0) is 24.5. The van der Waals surface area contributed by atoms with Gasteiger partial charge in [-0.1, -0.05) is 25.1 Å². The molecule has 2 aromatic rings. The summed E-state index contributed by atoms with van der Waals surface area (Å²) in [5.41, 5.74) is -0.796. The van der Waals surface area contributed by atoms with Gasteiger partial charge in [0.15, 0.2) is 0 Å². The summed E-state index contributed by atoms with van der Waals surface area (Å²) in [6.45, 7) is 3.22. The summed E-state index contributed by atoms with van der Waals surface area (Å²) in [7, 11) is 1.53. The molecule has 0 heterocycles. The van der Waals surface area contributed by atoms with Crippen molar-refractivity contribution in [1.82, 2.24) is 5.32 Å². The van der Waals surface area contributed by atoms with Crippen molar-refractivity contribution in [3.8, 4) is 0 Å². The Morgan fingerprint density at radius 3 is 2.48 bits per heavy atom. The maximum absolute atomic E-state index is 14.6. The van der Waals surface area contributed by atoms with Crippen LogP contribution >= 0.6 is 0 Å². The number of anilines is 1. The molecular weight excluding hydrogens is 440 g/mol. The summed E-state index contributed by atoms with van der Waals surface area (Å²) in [5, 5.41) is 11.7. The summed E-state index contributed by atoms with van der Waals surface area (Å²) in [6, 6.07) is 6.94. The Labute approximate surface area is 188 Å². The fraction of sp³-hybridized carbons (Fsp3) is 0.250. The van der Waals surface area contributed by atoms with Gasteiger partial charge in [0.25, 0.3) is 5.91 Å². The molecule has 0 saturated carbocycles. The maximum atomic E-state index is 14.6. The number of carboxylic acids is 1. The number of benzene rings is 2. The van der Waals surface area contributed by atoms with E-state index in [1.807, 2.05) is 6.08 Å². The monoisotopic (exact) mass is 462 g/mol. The molecule has 1 amide bonds. The molecule has 2 aromatic carbocycles. The molecule has 1 atom stereocenters. The predicted molar refractivity (Wildman–Crippen MR) is 115 cm³/mol. The molecule has 33 heavy (non-hydrogen) atoms. The molecule has 9 heteroatoms. The summed E-state index contributed by atoms with van der Waals surface area (Å²) in [5.74, 6) is -3.25. The average molecular weight is 462 g/mol. The van der Waals surface area contributed by atoms with Crippen LogP contribution in [0.3, 0.4) is 0 Å². The third-order valence-corrected chi connectivity index (χ3v) is 5.50. The Kier molecular flexibility index (Phi) is 6.62. The van der Waals surface area contributed by atoms with E-state index >= 15 is 0 Å². The first kappa shape index (κ1) is 24.0. The van der Waals surface area contributed by atoms with Crippen molar-refractivity contribution >= 4 is 17.6 Å². The van der Waals surface area contributed by atoms with Gasteiger partial charge in [-0.3, -0.25) is 4.79 Å². The van der Waals surface area contributed by atoms with E-state index < -0.39 is 35.0 Å². The number of carboxylic acid groups (broad SMARTS) is 1. The molecule has 0 aliphatic heterocycles. The largest absolute Gasteiger partial charge is 0.478 e. The Morgan fingerprint density at radius 1 is 1.18 bits per heavy atom. The van der Waals surface area contributed by atoms with Crippen LogP contribution in [0.4, 0.5) is 23.2 Å². The van der Waals surface area contributed by atoms with Gasteiger partial charge in [0.05, 0.1) is 28.1 Å². The highest BCUT2D eigenvalue weighted by Gasteiger charge is 2.36. The summed E-state index contributed by atoms with van der Waals surface area (Å²) >= 11 is 0. The number of nitrogens with one attached hydrogen (secondary N) is 1. The van der Waals surface area contributed by atoms with Crippen LogP contribution in [0, 0.1) is 18.7 Å².